The fraction of sp³-hybridized carbons (Fsp3) is 0.182. The number of hydrogen-bond acceptors (Lipinski definition) is 3. The molecule has 0 amide bonds. The molecule has 0 aliphatic heterocycles. The molecular formula is C44H42Br4N2O. The Hall–Kier alpha value is -3.20. The van der Waals surface area contributed by atoms with E-state index in [4.69, 9.17) is 0 Å². The van der Waals surface area contributed by atoms with Crippen LogP contribution in [0.25, 0.3) is 0 Å². The minimum Gasteiger partial charge on any atom is -0.385 e. The van der Waals surface area contributed by atoms with Crippen molar-refractivity contribution >= 4 is 97.8 Å². The molecule has 0 bridgehead atoms. The molecule has 0 spiro atoms. The number of hydrogen-bond donors (Lipinski definition) is 1. The van der Waals surface area contributed by atoms with Gasteiger partial charge in [0, 0.05) is 52.0 Å². The molecule has 0 fully saturated rings. The minimum absolute atomic E-state index is 0.586. The Bertz CT molecular complexity index is 1870. The van der Waals surface area contributed by atoms with Crippen LogP contribution < -0.4 is 9.80 Å². The minimum atomic E-state index is -0.807. The third kappa shape index (κ3) is 10.2. The van der Waals surface area contributed by atoms with Crippen molar-refractivity contribution in [2.45, 2.75) is 52.1 Å². The van der Waals surface area contributed by atoms with Crippen LogP contribution in [-0.4, -0.2) is 5.11 Å². The van der Waals surface area contributed by atoms with E-state index in [-0.39, 0.29) is 0 Å². The summed E-state index contributed by atoms with van der Waals surface area (Å²) in [6.45, 7) is 8.35. The standard InChI is InChI=1S/C22H21Br2NO.C22H21Br2N/c1-3-22(2,26)16-4-10-19(11-5-16)25(20-12-6-17(23)7-13-20)21-14-8-18(24)9-15-21;1-3-16(2)17-4-10-20(11-5-17)25(21-12-6-18(23)7-13-21)22-14-8-19(24)9-15-22/h4-15,26H,3H2,1-2H3;4-16H,3H2,1-2H3. The lowest BCUT2D eigenvalue weighted by atomic mass is 9.93. The lowest BCUT2D eigenvalue weighted by Crippen LogP contribution is -2.19. The molecule has 0 heterocycles. The van der Waals surface area contributed by atoms with Crippen LogP contribution in [0.1, 0.15) is 57.6 Å². The van der Waals surface area contributed by atoms with Crippen LogP contribution in [-0.2, 0) is 5.60 Å². The van der Waals surface area contributed by atoms with Gasteiger partial charge in [-0.05, 0) is 158 Å². The highest BCUT2D eigenvalue weighted by Crippen LogP contribution is 2.38. The summed E-state index contributed by atoms with van der Waals surface area (Å²) in [6, 6.07) is 50.4. The molecule has 2 unspecified atom stereocenters. The molecule has 262 valence electrons. The molecule has 0 saturated heterocycles. The largest absolute Gasteiger partial charge is 0.385 e. The molecule has 0 aliphatic carbocycles. The molecule has 0 radical (unpaired) electrons. The third-order valence-electron chi connectivity index (χ3n) is 9.11. The summed E-state index contributed by atoms with van der Waals surface area (Å²) in [6.07, 6.45) is 1.83. The van der Waals surface area contributed by atoms with E-state index in [1.807, 2.05) is 50.2 Å². The van der Waals surface area contributed by atoms with Gasteiger partial charge in [0.1, 0.15) is 0 Å². The Morgan fingerprint density at radius 2 is 0.725 bits per heavy atom. The van der Waals surface area contributed by atoms with Gasteiger partial charge >= 0.3 is 0 Å². The molecule has 6 aromatic carbocycles. The fourth-order valence-electron chi connectivity index (χ4n) is 5.62. The van der Waals surface area contributed by atoms with Gasteiger partial charge in [0.05, 0.1) is 5.60 Å². The maximum atomic E-state index is 10.5. The second kappa shape index (κ2) is 18.0. The van der Waals surface area contributed by atoms with Gasteiger partial charge < -0.3 is 14.9 Å². The van der Waals surface area contributed by atoms with Crippen LogP contribution in [0.5, 0.6) is 0 Å². The fourth-order valence-corrected chi connectivity index (χ4v) is 6.67. The quantitative estimate of drug-likeness (QED) is 0.148. The topological polar surface area (TPSA) is 26.7 Å². The Morgan fingerprint density at radius 1 is 0.471 bits per heavy atom. The summed E-state index contributed by atoms with van der Waals surface area (Å²) in [5.74, 6) is 0.586. The Balaban J connectivity index is 0.000000198. The first kappa shape index (κ1) is 39.0. The maximum absolute atomic E-state index is 10.5. The van der Waals surface area contributed by atoms with Crippen LogP contribution in [0.2, 0.25) is 0 Å². The highest BCUT2D eigenvalue weighted by molar-refractivity contribution is 9.11. The molecule has 0 aliphatic rings. The molecule has 6 aromatic rings. The zero-order chi connectivity index (χ0) is 36.5. The van der Waals surface area contributed by atoms with Gasteiger partial charge in [-0.1, -0.05) is 109 Å². The smallest absolute Gasteiger partial charge is 0.0865 e. The summed E-state index contributed by atoms with van der Waals surface area (Å²) >= 11 is 14.1. The zero-order valence-corrected chi connectivity index (χ0v) is 35.5. The first-order valence-corrected chi connectivity index (χ1v) is 20.2. The predicted molar refractivity (Wildman–Crippen MR) is 232 cm³/mol. The van der Waals surface area contributed by atoms with Crippen molar-refractivity contribution in [3.05, 3.63) is 175 Å². The van der Waals surface area contributed by atoms with E-state index in [0.29, 0.717) is 12.3 Å². The van der Waals surface area contributed by atoms with E-state index < -0.39 is 5.60 Å². The molecule has 3 nitrogen and oxygen atoms in total. The first-order valence-electron chi connectivity index (χ1n) is 17.0. The Kier molecular flexibility index (Phi) is 13.8. The molecule has 7 heteroatoms. The van der Waals surface area contributed by atoms with Crippen molar-refractivity contribution in [1.82, 2.24) is 0 Å². The van der Waals surface area contributed by atoms with Crippen molar-refractivity contribution in [1.29, 1.82) is 0 Å². The first-order chi connectivity index (χ1) is 24.5. The van der Waals surface area contributed by atoms with Gasteiger partial charge in [-0.3, -0.25) is 0 Å². The number of nitrogens with zero attached hydrogens (tertiary/aromatic N) is 2. The van der Waals surface area contributed by atoms with Crippen molar-refractivity contribution < 1.29 is 5.11 Å². The van der Waals surface area contributed by atoms with E-state index >= 15 is 0 Å². The van der Waals surface area contributed by atoms with Gasteiger partial charge in [0.25, 0.3) is 0 Å². The van der Waals surface area contributed by atoms with Gasteiger partial charge in [-0.2, -0.15) is 0 Å². The lowest BCUT2D eigenvalue weighted by molar-refractivity contribution is 0.0531. The van der Waals surface area contributed by atoms with E-state index in [0.717, 1.165) is 64.0 Å². The second-order valence-corrected chi connectivity index (χ2v) is 16.3. The summed E-state index contributed by atoms with van der Waals surface area (Å²) in [5.41, 5.74) is 8.15. The number of rotatable bonds is 10. The Labute approximate surface area is 336 Å². The SMILES string of the molecule is CCC(C)(O)c1ccc(N(c2ccc(Br)cc2)c2ccc(Br)cc2)cc1.CCC(C)c1ccc(N(c2ccc(Br)cc2)c2ccc(Br)cc2)cc1. The molecule has 6 rings (SSSR count). The molecule has 1 N–H and O–H groups in total. The molecule has 0 saturated carbocycles. The monoisotopic (exact) mass is 930 g/mol. The normalized spacial score (nSPS) is 12.6. The molecule has 2 atom stereocenters. The van der Waals surface area contributed by atoms with Crippen LogP contribution in [0, 0.1) is 0 Å². The van der Waals surface area contributed by atoms with Crippen LogP contribution in [0.15, 0.2) is 163 Å². The third-order valence-corrected chi connectivity index (χ3v) is 11.2. The van der Waals surface area contributed by atoms with Gasteiger partial charge in [-0.25, -0.2) is 0 Å². The molecule has 0 aromatic heterocycles. The van der Waals surface area contributed by atoms with E-state index in [1.54, 1.807) is 0 Å². The number of aliphatic hydroxyl groups is 1. The molecular weight excluding hydrogens is 892 g/mol. The Morgan fingerprint density at radius 3 is 0.980 bits per heavy atom. The van der Waals surface area contributed by atoms with Gasteiger partial charge in [0.15, 0.2) is 0 Å². The van der Waals surface area contributed by atoms with Crippen molar-refractivity contribution in [2.75, 3.05) is 9.80 Å². The lowest BCUT2D eigenvalue weighted by Gasteiger charge is -2.27. The van der Waals surface area contributed by atoms with E-state index in [2.05, 4.69) is 197 Å². The average molecular weight is 934 g/mol. The summed E-state index contributed by atoms with van der Waals surface area (Å²) in [5, 5.41) is 10.5. The molecule has 51 heavy (non-hydrogen) atoms. The summed E-state index contributed by atoms with van der Waals surface area (Å²) in [4.78, 5) is 4.47. The van der Waals surface area contributed by atoms with Crippen LogP contribution in [0.3, 0.4) is 0 Å². The average Bonchev–Trinajstić information content (AvgIpc) is 3.15. The number of benzene rings is 6. The highest BCUT2D eigenvalue weighted by Gasteiger charge is 2.21. The number of anilines is 6. The summed E-state index contributed by atoms with van der Waals surface area (Å²) in [7, 11) is 0. The number of halogens is 4. The summed E-state index contributed by atoms with van der Waals surface area (Å²) < 4.78 is 4.26. The van der Waals surface area contributed by atoms with Gasteiger partial charge in [0.2, 0.25) is 0 Å². The predicted octanol–water partition coefficient (Wildman–Crippen LogP) is 15.5. The maximum Gasteiger partial charge on any atom is 0.0865 e. The van der Waals surface area contributed by atoms with Crippen molar-refractivity contribution in [3.8, 4) is 0 Å². The van der Waals surface area contributed by atoms with Crippen molar-refractivity contribution in [2.24, 2.45) is 0 Å². The van der Waals surface area contributed by atoms with Crippen molar-refractivity contribution in [3.63, 3.8) is 0 Å². The highest BCUT2D eigenvalue weighted by atomic mass is 79.9. The van der Waals surface area contributed by atoms with E-state index in [9.17, 15) is 5.11 Å². The van der Waals surface area contributed by atoms with E-state index in [1.165, 1.54) is 5.56 Å². The zero-order valence-electron chi connectivity index (χ0n) is 29.2. The second-order valence-electron chi connectivity index (χ2n) is 12.7. The van der Waals surface area contributed by atoms with Crippen LogP contribution >= 0.6 is 63.7 Å². The van der Waals surface area contributed by atoms with Crippen LogP contribution in [0.4, 0.5) is 34.1 Å². The van der Waals surface area contributed by atoms with Gasteiger partial charge in [-0.15, -0.1) is 0 Å².